The fraction of sp³-hybridized carbons (Fsp3) is 0.0455. The highest BCUT2D eigenvalue weighted by atomic mass is 79.9. The summed E-state index contributed by atoms with van der Waals surface area (Å²) in [5.74, 6) is -0.504. The number of nitrogens with one attached hydrogen (secondary N) is 1. The molecule has 6 nitrogen and oxygen atoms in total. The van der Waals surface area contributed by atoms with Crippen molar-refractivity contribution in [2.24, 2.45) is 5.10 Å². The van der Waals surface area contributed by atoms with Gasteiger partial charge in [0.1, 0.15) is 0 Å². The van der Waals surface area contributed by atoms with E-state index in [-0.39, 0.29) is 22.2 Å². The number of ether oxygens (including phenoxy) is 2. The van der Waals surface area contributed by atoms with Gasteiger partial charge in [0.2, 0.25) is 0 Å². The van der Waals surface area contributed by atoms with E-state index < -0.39 is 5.97 Å². The van der Waals surface area contributed by atoms with Crippen molar-refractivity contribution in [3.8, 4) is 11.5 Å². The van der Waals surface area contributed by atoms with Crippen LogP contribution in [0.2, 0.25) is 10.0 Å². The van der Waals surface area contributed by atoms with Gasteiger partial charge in [0, 0.05) is 9.50 Å². The molecule has 3 rings (SSSR count). The Hall–Kier alpha value is -2.87. The fourth-order valence-corrected chi connectivity index (χ4v) is 3.48. The molecule has 0 saturated heterocycles. The molecule has 0 saturated carbocycles. The molecule has 0 unspecified atom stereocenters. The van der Waals surface area contributed by atoms with Gasteiger partial charge in [0.15, 0.2) is 11.5 Å². The van der Waals surface area contributed by atoms with Crippen LogP contribution in [0.15, 0.2) is 70.2 Å². The summed E-state index contributed by atoms with van der Waals surface area (Å²) in [6.45, 7) is 0. The standard InChI is InChI=1S/C22H15BrCl2N2O4/c1-30-20-10-13(12-26-27-21(28)15-4-2-3-5-17(15)23)6-9-19(20)31-22(29)16-8-7-14(24)11-18(16)25/h2-12H,1H3,(H,27,28)/b26-12+. The van der Waals surface area contributed by atoms with Crippen LogP contribution in [-0.4, -0.2) is 25.2 Å². The lowest BCUT2D eigenvalue weighted by Gasteiger charge is -2.10. The van der Waals surface area contributed by atoms with E-state index in [1.165, 1.54) is 25.5 Å². The van der Waals surface area contributed by atoms with Crippen LogP contribution >= 0.6 is 39.1 Å². The first-order valence-electron chi connectivity index (χ1n) is 8.82. The lowest BCUT2D eigenvalue weighted by Crippen LogP contribution is -2.18. The van der Waals surface area contributed by atoms with Gasteiger partial charge in [-0.15, -0.1) is 0 Å². The second kappa shape index (κ2) is 10.4. The SMILES string of the molecule is COc1cc(/C=N/NC(=O)c2ccccc2Br)ccc1OC(=O)c1ccc(Cl)cc1Cl. The summed E-state index contributed by atoms with van der Waals surface area (Å²) >= 11 is 15.2. The van der Waals surface area contributed by atoms with Gasteiger partial charge in [-0.25, -0.2) is 10.2 Å². The predicted molar refractivity (Wildman–Crippen MR) is 124 cm³/mol. The number of hydrazone groups is 1. The smallest absolute Gasteiger partial charge is 0.345 e. The Morgan fingerprint density at radius 2 is 1.77 bits per heavy atom. The van der Waals surface area contributed by atoms with Crippen molar-refractivity contribution in [2.45, 2.75) is 0 Å². The third kappa shape index (κ3) is 5.85. The van der Waals surface area contributed by atoms with Crippen molar-refractivity contribution < 1.29 is 19.1 Å². The number of benzene rings is 3. The normalized spacial score (nSPS) is 10.7. The van der Waals surface area contributed by atoms with E-state index in [1.54, 1.807) is 42.5 Å². The molecule has 31 heavy (non-hydrogen) atoms. The van der Waals surface area contributed by atoms with E-state index in [0.717, 1.165) is 0 Å². The predicted octanol–water partition coefficient (Wildman–Crippen LogP) is 5.75. The van der Waals surface area contributed by atoms with E-state index in [9.17, 15) is 9.59 Å². The number of halogens is 3. The van der Waals surface area contributed by atoms with Gasteiger partial charge in [-0.05, 0) is 70.0 Å². The number of esters is 1. The van der Waals surface area contributed by atoms with Crippen LogP contribution in [0.3, 0.4) is 0 Å². The Morgan fingerprint density at radius 3 is 2.48 bits per heavy atom. The third-order valence-electron chi connectivity index (χ3n) is 4.04. The first kappa shape index (κ1) is 22.8. The second-order valence-electron chi connectivity index (χ2n) is 6.10. The van der Waals surface area contributed by atoms with Crippen LogP contribution in [-0.2, 0) is 0 Å². The summed E-state index contributed by atoms with van der Waals surface area (Å²) in [7, 11) is 1.44. The molecule has 1 N–H and O–H groups in total. The molecular formula is C22H15BrCl2N2O4. The average Bonchev–Trinajstić information content (AvgIpc) is 2.74. The highest BCUT2D eigenvalue weighted by Crippen LogP contribution is 2.30. The summed E-state index contributed by atoms with van der Waals surface area (Å²) in [5, 5.41) is 4.55. The largest absolute Gasteiger partial charge is 0.493 e. The number of amides is 1. The molecule has 0 radical (unpaired) electrons. The number of hydrogen-bond donors (Lipinski definition) is 1. The molecule has 3 aromatic carbocycles. The minimum atomic E-state index is -0.651. The molecule has 1 amide bonds. The number of carbonyl (C=O) groups excluding carboxylic acids is 2. The Labute approximate surface area is 196 Å². The average molecular weight is 522 g/mol. The van der Waals surface area contributed by atoms with Crippen LogP contribution < -0.4 is 14.9 Å². The van der Waals surface area contributed by atoms with Gasteiger partial charge in [-0.2, -0.15) is 5.10 Å². The first-order valence-corrected chi connectivity index (χ1v) is 10.4. The molecule has 0 aliphatic rings. The van der Waals surface area contributed by atoms with E-state index in [4.69, 9.17) is 32.7 Å². The maximum Gasteiger partial charge on any atom is 0.345 e. The monoisotopic (exact) mass is 520 g/mol. The molecule has 0 fully saturated rings. The van der Waals surface area contributed by atoms with Gasteiger partial charge < -0.3 is 9.47 Å². The Morgan fingerprint density at radius 1 is 1.00 bits per heavy atom. The fourth-order valence-electron chi connectivity index (χ4n) is 2.53. The minimum absolute atomic E-state index is 0.175. The van der Waals surface area contributed by atoms with Crippen molar-refractivity contribution in [1.82, 2.24) is 5.43 Å². The van der Waals surface area contributed by atoms with Crippen molar-refractivity contribution >= 4 is 57.2 Å². The lowest BCUT2D eigenvalue weighted by molar-refractivity contribution is 0.0729. The Bertz CT molecular complexity index is 1170. The van der Waals surface area contributed by atoms with E-state index in [0.29, 0.717) is 26.4 Å². The molecule has 0 spiro atoms. The maximum atomic E-state index is 12.4. The molecular weight excluding hydrogens is 507 g/mol. The van der Waals surface area contributed by atoms with E-state index in [2.05, 4.69) is 26.5 Å². The van der Waals surface area contributed by atoms with Crippen LogP contribution in [0.4, 0.5) is 0 Å². The first-order chi connectivity index (χ1) is 14.9. The number of methoxy groups -OCH3 is 1. The van der Waals surface area contributed by atoms with E-state index in [1.807, 2.05) is 6.07 Å². The topological polar surface area (TPSA) is 77.0 Å². The summed E-state index contributed by atoms with van der Waals surface area (Å²) in [5.41, 5.74) is 3.71. The van der Waals surface area contributed by atoms with Crippen LogP contribution in [0.25, 0.3) is 0 Å². The second-order valence-corrected chi connectivity index (χ2v) is 7.80. The maximum absolute atomic E-state index is 12.4. The number of carbonyl (C=O) groups is 2. The highest BCUT2D eigenvalue weighted by Gasteiger charge is 2.16. The van der Waals surface area contributed by atoms with Gasteiger partial charge >= 0.3 is 5.97 Å². The van der Waals surface area contributed by atoms with Gasteiger partial charge in [0.05, 0.1) is 29.5 Å². The molecule has 0 aromatic heterocycles. The molecule has 0 aliphatic heterocycles. The minimum Gasteiger partial charge on any atom is -0.493 e. The lowest BCUT2D eigenvalue weighted by atomic mass is 10.2. The van der Waals surface area contributed by atoms with Crippen molar-refractivity contribution in [1.29, 1.82) is 0 Å². The van der Waals surface area contributed by atoms with Crippen molar-refractivity contribution in [2.75, 3.05) is 7.11 Å². The van der Waals surface area contributed by atoms with Crippen LogP contribution in [0.5, 0.6) is 11.5 Å². The molecule has 158 valence electrons. The van der Waals surface area contributed by atoms with Crippen LogP contribution in [0.1, 0.15) is 26.3 Å². The zero-order valence-corrected chi connectivity index (χ0v) is 19.2. The zero-order valence-electron chi connectivity index (χ0n) is 16.1. The molecule has 9 heteroatoms. The van der Waals surface area contributed by atoms with Crippen molar-refractivity contribution in [3.05, 3.63) is 91.9 Å². The molecule has 0 heterocycles. The Kier molecular flexibility index (Phi) is 7.68. The quantitative estimate of drug-likeness (QED) is 0.194. The molecule has 3 aromatic rings. The van der Waals surface area contributed by atoms with E-state index >= 15 is 0 Å². The molecule has 0 atom stereocenters. The summed E-state index contributed by atoms with van der Waals surface area (Å²) in [6, 6.07) is 16.3. The van der Waals surface area contributed by atoms with Gasteiger partial charge in [0.25, 0.3) is 5.91 Å². The molecule has 0 aliphatic carbocycles. The molecule has 0 bridgehead atoms. The highest BCUT2D eigenvalue weighted by molar-refractivity contribution is 9.10. The van der Waals surface area contributed by atoms with Crippen LogP contribution in [0, 0.1) is 0 Å². The number of hydrogen-bond acceptors (Lipinski definition) is 5. The summed E-state index contributed by atoms with van der Waals surface area (Å²) in [6.07, 6.45) is 1.44. The Balaban J connectivity index is 1.71. The number of nitrogens with zero attached hydrogens (tertiary/aromatic N) is 1. The summed E-state index contributed by atoms with van der Waals surface area (Å²) < 4.78 is 11.4. The van der Waals surface area contributed by atoms with Crippen molar-refractivity contribution in [3.63, 3.8) is 0 Å². The number of rotatable bonds is 6. The third-order valence-corrected chi connectivity index (χ3v) is 5.28. The van der Waals surface area contributed by atoms with Gasteiger partial charge in [-0.1, -0.05) is 35.3 Å². The van der Waals surface area contributed by atoms with Gasteiger partial charge in [-0.3, -0.25) is 4.79 Å². The zero-order chi connectivity index (χ0) is 22.4. The summed E-state index contributed by atoms with van der Waals surface area (Å²) in [4.78, 5) is 24.6.